The van der Waals surface area contributed by atoms with Crippen molar-refractivity contribution in [2.24, 2.45) is 0 Å². The SMILES string of the molecule is CC[S+]([O-])c1ncc[nH]1. The molecule has 1 aromatic rings. The highest BCUT2D eigenvalue weighted by atomic mass is 32.2. The Morgan fingerprint density at radius 2 is 2.67 bits per heavy atom. The molecule has 0 fully saturated rings. The summed E-state index contributed by atoms with van der Waals surface area (Å²) in [7, 11) is 0. The van der Waals surface area contributed by atoms with E-state index in [1.807, 2.05) is 6.92 Å². The molecule has 0 radical (unpaired) electrons. The maximum Gasteiger partial charge on any atom is 0.320 e. The topological polar surface area (TPSA) is 51.7 Å². The Hall–Kier alpha value is -0.480. The van der Waals surface area contributed by atoms with Gasteiger partial charge in [0.1, 0.15) is 5.75 Å². The maximum absolute atomic E-state index is 10.9. The van der Waals surface area contributed by atoms with Crippen molar-refractivity contribution in [2.75, 3.05) is 5.75 Å². The molecule has 1 heterocycles. The lowest BCUT2D eigenvalue weighted by molar-refractivity contribution is 0.589. The quantitative estimate of drug-likeness (QED) is 0.616. The number of nitrogens with one attached hydrogen (secondary N) is 1. The van der Waals surface area contributed by atoms with Gasteiger partial charge in [-0.15, -0.1) is 0 Å². The Labute approximate surface area is 56.7 Å². The molecule has 9 heavy (non-hydrogen) atoms. The Bertz CT molecular complexity index is 163. The standard InChI is InChI=1S/C5H8N2OS/c1-2-9(8)5-6-3-4-7-5/h3-4H,2H2,1H3,(H,6,7). The molecule has 0 aliphatic carbocycles. The monoisotopic (exact) mass is 144 g/mol. The molecule has 1 N–H and O–H groups in total. The number of H-pyrrole nitrogens is 1. The van der Waals surface area contributed by atoms with Gasteiger partial charge in [-0.1, -0.05) is 0 Å². The molecular weight excluding hydrogens is 136 g/mol. The van der Waals surface area contributed by atoms with Crippen molar-refractivity contribution in [1.29, 1.82) is 0 Å². The lowest BCUT2D eigenvalue weighted by Gasteiger charge is -2.00. The zero-order chi connectivity index (χ0) is 6.69. The van der Waals surface area contributed by atoms with Crippen molar-refractivity contribution in [3.05, 3.63) is 12.4 Å². The predicted molar refractivity (Wildman–Crippen MR) is 35.5 cm³/mol. The first-order valence-corrected chi connectivity index (χ1v) is 4.04. The normalized spacial score (nSPS) is 13.6. The second-order valence-electron chi connectivity index (χ2n) is 1.53. The highest BCUT2D eigenvalue weighted by Gasteiger charge is 2.08. The summed E-state index contributed by atoms with van der Waals surface area (Å²) in [6, 6.07) is 0. The minimum absolute atomic E-state index is 0.567. The summed E-state index contributed by atoms with van der Waals surface area (Å²) in [5.41, 5.74) is 0. The van der Waals surface area contributed by atoms with Crippen LogP contribution in [0.3, 0.4) is 0 Å². The average Bonchev–Trinajstić information content (AvgIpc) is 2.37. The number of hydrogen-bond acceptors (Lipinski definition) is 2. The van der Waals surface area contributed by atoms with Gasteiger partial charge >= 0.3 is 5.16 Å². The van der Waals surface area contributed by atoms with Crippen LogP contribution in [-0.2, 0) is 11.2 Å². The van der Waals surface area contributed by atoms with E-state index in [9.17, 15) is 4.55 Å². The molecule has 0 bridgehead atoms. The van der Waals surface area contributed by atoms with Crippen LogP contribution in [0.5, 0.6) is 0 Å². The summed E-state index contributed by atoms with van der Waals surface area (Å²) in [5.74, 6) is 0.619. The van der Waals surface area contributed by atoms with Gasteiger partial charge in [0.25, 0.3) is 0 Å². The fourth-order valence-electron chi connectivity index (χ4n) is 0.512. The van der Waals surface area contributed by atoms with Gasteiger partial charge in [-0.3, -0.25) is 0 Å². The molecule has 3 nitrogen and oxygen atoms in total. The third-order valence-electron chi connectivity index (χ3n) is 0.951. The van der Waals surface area contributed by atoms with Crippen molar-refractivity contribution in [1.82, 2.24) is 9.97 Å². The second-order valence-corrected chi connectivity index (χ2v) is 3.18. The van der Waals surface area contributed by atoms with Crippen LogP contribution in [0, 0.1) is 0 Å². The van der Waals surface area contributed by atoms with Crippen molar-refractivity contribution < 1.29 is 4.55 Å². The van der Waals surface area contributed by atoms with Crippen molar-refractivity contribution in [3.63, 3.8) is 0 Å². The van der Waals surface area contributed by atoms with E-state index in [1.54, 1.807) is 12.4 Å². The van der Waals surface area contributed by atoms with Crippen LogP contribution in [0.4, 0.5) is 0 Å². The Morgan fingerprint density at radius 3 is 3.11 bits per heavy atom. The van der Waals surface area contributed by atoms with Crippen LogP contribution in [0.25, 0.3) is 0 Å². The first kappa shape index (κ1) is 6.64. The first-order chi connectivity index (χ1) is 4.34. The highest BCUT2D eigenvalue weighted by Crippen LogP contribution is 2.01. The lowest BCUT2D eigenvalue weighted by atomic mass is 11.0. The van der Waals surface area contributed by atoms with Gasteiger partial charge in [0.05, 0.1) is 0 Å². The Balaban J connectivity index is 2.65. The zero-order valence-electron chi connectivity index (χ0n) is 5.13. The molecule has 0 aliphatic heterocycles. The van der Waals surface area contributed by atoms with Crippen LogP contribution in [0.15, 0.2) is 17.6 Å². The van der Waals surface area contributed by atoms with Crippen LogP contribution in [0.1, 0.15) is 6.92 Å². The molecule has 0 saturated heterocycles. The van der Waals surface area contributed by atoms with E-state index < -0.39 is 11.2 Å². The van der Waals surface area contributed by atoms with E-state index in [0.29, 0.717) is 10.9 Å². The lowest BCUT2D eigenvalue weighted by Crippen LogP contribution is -2.05. The number of aromatic nitrogens is 2. The average molecular weight is 144 g/mol. The van der Waals surface area contributed by atoms with Gasteiger partial charge in [0, 0.05) is 23.6 Å². The number of imidazole rings is 1. The van der Waals surface area contributed by atoms with Gasteiger partial charge in [-0.05, 0) is 6.92 Å². The number of rotatable bonds is 2. The molecule has 1 atom stereocenters. The smallest absolute Gasteiger partial charge is 0.320 e. The molecule has 0 amide bonds. The van der Waals surface area contributed by atoms with Crippen molar-refractivity contribution in [2.45, 2.75) is 12.1 Å². The molecule has 0 saturated carbocycles. The second kappa shape index (κ2) is 2.89. The molecule has 4 heteroatoms. The molecule has 1 aromatic heterocycles. The fourth-order valence-corrected chi connectivity index (χ4v) is 1.16. The molecule has 0 spiro atoms. The Kier molecular flexibility index (Phi) is 2.13. The summed E-state index contributed by atoms with van der Waals surface area (Å²) < 4.78 is 10.9. The van der Waals surface area contributed by atoms with Gasteiger partial charge in [-0.25, -0.2) is 0 Å². The van der Waals surface area contributed by atoms with Crippen LogP contribution >= 0.6 is 0 Å². The van der Waals surface area contributed by atoms with Gasteiger partial charge < -0.3 is 9.54 Å². The Morgan fingerprint density at radius 1 is 1.89 bits per heavy atom. The minimum Gasteiger partial charge on any atom is -0.609 e. The maximum atomic E-state index is 10.9. The molecule has 0 aromatic carbocycles. The van der Waals surface area contributed by atoms with Gasteiger partial charge in [-0.2, -0.15) is 4.98 Å². The third-order valence-corrected chi connectivity index (χ3v) is 2.13. The van der Waals surface area contributed by atoms with E-state index in [4.69, 9.17) is 0 Å². The largest absolute Gasteiger partial charge is 0.609 e. The molecule has 0 aliphatic rings. The molecule has 50 valence electrons. The number of nitrogens with zero attached hydrogens (tertiary/aromatic N) is 1. The third kappa shape index (κ3) is 1.46. The first-order valence-electron chi connectivity index (χ1n) is 2.72. The van der Waals surface area contributed by atoms with E-state index >= 15 is 0 Å². The summed E-state index contributed by atoms with van der Waals surface area (Å²) in [6.45, 7) is 1.86. The molecule has 1 unspecified atom stereocenters. The van der Waals surface area contributed by atoms with E-state index in [-0.39, 0.29) is 0 Å². The summed E-state index contributed by atoms with van der Waals surface area (Å²) in [4.78, 5) is 6.61. The minimum atomic E-state index is -0.926. The van der Waals surface area contributed by atoms with Crippen molar-refractivity contribution in [3.8, 4) is 0 Å². The van der Waals surface area contributed by atoms with E-state index in [0.717, 1.165) is 0 Å². The van der Waals surface area contributed by atoms with Crippen molar-refractivity contribution >= 4 is 11.2 Å². The summed E-state index contributed by atoms with van der Waals surface area (Å²) in [6.07, 6.45) is 3.27. The van der Waals surface area contributed by atoms with Crippen LogP contribution < -0.4 is 0 Å². The zero-order valence-corrected chi connectivity index (χ0v) is 5.94. The highest BCUT2D eigenvalue weighted by molar-refractivity contribution is 7.91. The molecular formula is C5H8N2OS. The van der Waals surface area contributed by atoms with E-state index in [2.05, 4.69) is 9.97 Å². The predicted octanol–water partition coefficient (Wildman–Crippen LogP) is 0.537. The summed E-state index contributed by atoms with van der Waals surface area (Å²) in [5, 5.41) is 0.567. The van der Waals surface area contributed by atoms with E-state index in [1.165, 1.54) is 0 Å². The van der Waals surface area contributed by atoms with Crippen LogP contribution in [0.2, 0.25) is 0 Å². The van der Waals surface area contributed by atoms with Crippen LogP contribution in [-0.4, -0.2) is 20.3 Å². The van der Waals surface area contributed by atoms with Gasteiger partial charge in [0.2, 0.25) is 0 Å². The summed E-state index contributed by atoms with van der Waals surface area (Å²) >= 11 is -0.926. The number of hydrogen-bond donors (Lipinski definition) is 1. The molecule has 1 rings (SSSR count). The fraction of sp³-hybridized carbons (Fsp3) is 0.400. The van der Waals surface area contributed by atoms with Gasteiger partial charge in [0.15, 0.2) is 0 Å². The number of aromatic amines is 1.